The monoisotopic (exact) mass is 294 g/mol. The van der Waals surface area contributed by atoms with E-state index in [-0.39, 0.29) is 18.1 Å². The van der Waals surface area contributed by atoms with E-state index in [0.29, 0.717) is 13.1 Å². The summed E-state index contributed by atoms with van der Waals surface area (Å²) in [6, 6.07) is 2.07. The third kappa shape index (κ3) is 2.62. The van der Waals surface area contributed by atoms with Gasteiger partial charge in [0.2, 0.25) is 5.91 Å². The average Bonchev–Trinajstić information content (AvgIpc) is 3.09. The molecule has 1 saturated heterocycles. The van der Waals surface area contributed by atoms with E-state index >= 15 is 0 Å². The summed E-state index contributed by atoms with van der Waals surface area (Å²) in [5, 5.41) is 4.14. The number of amides is 1. The fourth-order valence-corrected chi connectivity index (χ4v) is 4.00. The van der Waals surface area contributed by atoms with Gasteiger partial charge in [0, 0.05) is 6.54 Å². The zero-order valence-electron chi connectivity index (χ0n) is 11.9. The Labute approximate surface area is 123 Å². The zero-order chi connectivity index (χ0) is 14.2. The summed E-state index contributed by atoms with van der Waals surface area (Å²) >= 11 is 1.66. The van der Waals surface area contributed by atoms with E-state index in [0.717, 1.165) is 31.2 Å². The van der Waals surface area contributed by atoms with Gasteiger partial charge in [0.1, 0.15) is 6.10 Å². The summed E-state index contributed by atoms with van der Waals surface area (Å²) in [5.74, 6) is 0.116. The molecule has 4 nitrogen and oxygen atoms in total. The Morgan fingerprint density at radius 3 is 2.85 bits per heavy atom. The van der Waals surface area contributed by atoms with Crippen LogP contribution < -0.4 is 5.73 Å². The summed E-state index contributed by atoms with van der Waals surface area (Å²) < 4.78 is 5.98. The van der Waals surface area contributed by atoms with Gasteiger partial charge in [-0.2, -0.15) is 11.3 Å². The average molecular weight is 294 g/mol. The number of thiophene rings is 1. The molecule has 2 atom stereocenters. The molecule has 1 aliphatic heterocycles. The molecule has 0 bridgehead atoms. The van der Waals surface area contributed by atoms with Gasteiger partial charge in [-0.25, -0.2) is 0 Å². The van der Waals surface area contributed by atoms with Gasteiger partial charge in [-0.1, -0.05) is 12.8 Å². The fourth-order valence-electron chi connectivity index (χ4n) is 3.29. The Bertz CT molecular complexity index is 468. The van der Waals surface area contributed by atoms with E-state index in [4.69, 9.17) is 10.5 Å². The molecule has 110 valence electrons. The Morgan fingerprint density at radius 2 is 2.20 bits per heavy atom. The van der Waals surface area contributed by atoms with Crippen LogP contribution in [0, 0.1) is 0 Å². The maximum absolute atomic E-state index is 12.7. The number of carbonyl (C=O) groups excluding carboxylic acids is 1. The van der Waals surface area contributed by atoms with Gasteiger partial charge in [-0.05, 0) is 42.2 Å². The lowest BCUT2D eigenvalue weighted by Gasteiger charge is -2.40. The van der Waals surface area contributed by atoms with Gasteiger partial charge < -0.3 is 15.4 Å². The number of rotatable bonds is 2. The van der Waals surface area contributed by atoms with Gasteiger partial charge in [-0.15, -0.1) is 0 Å². The molecular formula is C15H22N2O2S. The van der Waals surface area contributed by atoms with Crippen LogP contribution in [0.5, 0.6) is 0 Å². The minimum absolute atomic E-state index is 0.0149. The SMILES string of the molecule is CC1CN(C(=O)C2(N)CCCC2)CC(c2ccsc2)O1. The molecule has 3 rings (SSSR count). The van der Waals surface area contributed by atoms with Crippen molar-refractivity contribution in [1.29, 1.82) is 0 Å². The number of nitrogens with two attached hydrogens (primary N) is 1. The third-order valence-corrected chi connectivity index (χ3v) is 5.09. The van der Waals surface area contributed by atoms with Crippen molar-refractivity contribution in [3.63, 3.8) is 0 Å². The molecule has 2 heterocycles. The number of hydrogen-bond acceptors (Lipinski definition) is 4. The zero-order valence-corrected chi connectivity index (χ0v) is 12.7. The van der Waals surface area contributed by atoms with Gasteiger partial charge in [0.25, 0.3) is 0 Å². The second kappa shape index (κ2) is 5.47. The highest BCUT2D eigenvalue weighted by atomic mass is 32.1. The smallest absolute Gasteiger partial charge is 0.242 e. The lowest BCUT2D eigenvalue weighted by molar-refractivity contribution is -0.150. The first-order chi connectivity index (χ1) is 9.58. The van der Waals surface area contributed by atoms with Crippen LogP contribution in [-0.2, 0) is 9.53 Å². The highest BCUT2D eigenvalue weighted by Crippen LogP contribution is 2.32. The Balaban J connectivity index is 1.74. The first-order valence-electron chi connectivity index (χ1n) is 7.34. The minimum atomic E-state index is -0.629. The van der Waals surface area contributed by atoms with Crippen LogP contribution in [0.1, 0.15) is 44.3 Å². The van der Waals surface area contributed by atoms with Crippen LogP contribution in [0.15, 0.2) is 16.8 Å². The van der Waals surface area contributed by atoms with E-state index < -0.39 is 5.54 Å². The molecule has 0 radical (unpaired) electrons. The molecule has 0 aromatic carbocycles. The summed E-state index contributed by atoms with van der Waals surface area (Å²) in [5.41, 5.74) is 6.85. The largest absolute Gasteiger partial charge is 0.367 e. The van der Waals surface area contributed by atoms with Crippen LogP contribution >= 0.6 is 11.3 Å². The van der Waals surface area contributed by atoms with Crippen molar-refractivity contribution in [3.8, 4) is 0 Å². The highest BCUT2D eigenvalue weighted by molar-refractivity contribution is 7.07. The highest BCUT2D eigenvalue weighted by Gasteiger charge is 2.42. The molecule has 1 aromatic heterocycles. The quantitative estimate of drug-likeness (QED) is 0.910. The summed E-state index contributed by atoms with van der Waals surface area (Å²) in [6.45, 7) is 3.30. The first kappa shape index (κ1) is 14.0. The van der Waals surface area contributed by atoms with E-state index in [1.165, 1.54) is 0 Å². The van der Waals surface area contributed by atoms with E-state index in [9.17, 15) is 4.79 Å². The summed E-state index contributed by atoms with van der Waals surface area (Å²) in [6.07, 6.45) is 3.81. The molecular weight excluding hydrogens is 272 g/mol. The minimum Gasteiger partial charge on any atom is -0.367 e. The van der Waals surface area contributed by atoms with Crippen molar-refractivity contribution in [3.05, 3.63) is 22.4 Å². The number of morpholine rings is 1. The number of hydrogen-bond donors (Lipinski definition) is 1. The van der Waals surface area contributed by atoms with Gasteiger partial charge in [-0.3, -0.25) is 4.79 Å². The molecule has 1 aliphatic carbocycles. The molecule has 2 unspecified atom stereocenters. The first-order valence-corrected chi connectivity index (χ1v) is 8.28. The second-order valence-corrected chi connectivity index (χ2v) is 6.85. The Hall–Kier alpha value is -0.910. The fraction of sp³-hybridized carbons (Fsp3) is 0.667. The summed E-state index contributed by atoms with van der Waals surface area (Å²) in [4.78, 5) is 14.6. The van der Waals surface area contributed by atoms with E-state index in [1.54, 1.807) is 11.3 Å². The molecule has 1 amide bonds. The molecule has 1 aromatic rings. The second-order valence-electron chi connectivity index (χ2n) is 6.07. The molecule has 2 fully saturated rings. The molecule has 5 heteroatoms. The van der Waals surface area contributed by atoms with Crippen molar-refractivity contribution in [1.82, 2.24) is 4.90 Å². The number of nitrogens with zero attached hydrogens (tertiary/aromatic N) is 1. The Morgan fingerprint density at radius 1 is 1.45 bits per heavy atom. The molecule has 20 heavy (non-hydrogen) atoms. The van der Waals surface area contributed by atoms with Crippen LogP contribution in [0.3, 0.4) is 0 Å². The number of carbonyl (C=O) groups is 1. The summed E-state index contributed by atoms with van der Waals surface area (Å²) in [7, 11) is 0. The Kier molecular flexibility index (Phi) is 3.84. The van der Waals surface area contributed by atoms with Crippen LogP contribution in [0.4, 0.5) is 0 Å². The van der Waals surface area contributed by atoms with Gasteiger partial charge >= 0.3 is 0 Å². The van der Waals surface area contributed by atoms with Crippen molar-refractivity contribution >= 4 is 17.2 Å². The van der Waals surface area contributed by atoms with E-state index in [2.05, 4.69) is 11.4 Å². The van der Waals surface area contributed by atoms with Gasteiger partial charge in [0.05, 0.1) is 18.2 Å². The van der Waals surface area contributed by atoms with Gasteiger partial charge in [0.15, 0.2) is 0 Å². The van der Waals surface area contributed by atoms with Crippen molar-refractivity contribution in [2.75, 3.05) is 13.1 Å². The lowest BCUT2D eigenvalue weighted by atomic mass is 9.96. The normalized spacial score (nSPS) is 29.6. The number of ether oxygens (including phenoxy) is 1. The lowest BCUT2D eigenvalue weighted by Crippen LogP contribution is -2.57. The molecule has 2 aliphatic rings. The molecule has 1 saturated carbocycles. The topological polar surface area (TPSA) is 55.6 Å². The third-order valence-electron chi connectivity index (χ3n) is 4.38. The predicted octanol–water partition coefficient (Wildman–Crippen LogP) is 2.31. The standard InChI is InChI=1S/C15H22N2O2S/c1-11-8-17(14(18)15(16)5-2-3-6-15)9-13(19-11)12-4-7-20-10-12/h4,7,10-11,13H,2-3,5-6,8-9,16H2,1H3. The van der Waals surface area contributed by atoms with Crippen LogP contribution in [0.25, 0.3) is 0 Å². The van der Waals surface area contributed by atoms with Crippen molar-refractivity contribution < 1.29 is 9.53 Å². The van der Waals surface area contributed by atoms with E-state index in [1.807, 2.05) is 17.2 Å². The maximum Gasteiger partial charge on any atom is 0.242 e. The van der Waals surface area contributed by atoms with Crippen LogP contribution in [-0.4, -0.2) is 35.5 Å². The van der Waals surface area contributed by atoms with Crippen molar-refractivity contribution in [2.24, 2.45) is 5.73 Å². The van der Waals surface area contributed by atoms with Crippen LogP contribution in [0.2, 0.25) is 0 Å². The molecule has 2 N–H and O–H groups in total. The maximum atomic E-state index is 12.7. The molecule has 0 spiro atoms. The van der Waals surface area contributed by atoms with Crippen molar-refractivity contribution in [2.45, 2.75) is 50.4 Å². The predicted molar refractivity (Wildman–Crippen MR) is 79.6 cm³/mol.